The minimum Gasteiger partial charge on any atom is -0.369 e. The number of pyridine rings is 1. The zero-order valence-corrected chi connectivity index (χ0v) is 11.0. The number of nitrogens with one attached hydrogen (secondary N) is 2. The maximum absolute atomic E-state index is 11.9. The Labute approximate surface area is 115 Å². The molecule has 0 atom stereocenters. The van der Waals surface area contributed by atoms with E-state index in [0.29, 0.717) is 22.9 Å². The molecule has 0 aromatic carbocycles. The molecule has 2 rings (SSSR count). The Hall–Kier alpha value is -2.21. The zero-order valence-electron chi connectivity index (χ0n) is 10.2. The molecule has 2 aromatic rings. The van der Waals surface area contributed by atoms with Gasteiger partial charge in [0.25, 0.3) is 5.91 Å². The average Bonchev–Trinajstić information content (AvgIpc) is 2.42. The molecular formula is C12H12ClN5O. The SMILES string of the molecule is CCNc1ncc(C(=O)Nc2ncccn2)cc1Cl. The second kappa shape index (κ2) is 6.10. The van der Waals surface area contributed by atoms with Crippen molar-refractivity contribution in [3.05, 3.63) is 41.3 Å². The van der Waals surface area contributed by atoms with Gasteiger partial charge in [-0.3, -0.25) is 10.1 Å². The molecule has 0 saturated heterocycles. The van der Waals surface area contributed by atoms with Crippen LogP contribution in [0.15, 0.2) is 30.7 Å². The number of nitrogens with zero attached hydrogens (tertiary/aromatic N) is 3. The number of hydrogen-bond donors (Lipinski definition) is 2. The van der Waals surface area contributed by atoms with Crippen LogP contribution in [0.2, 0.25) is 5.02 Å². The molecule has 0 aliphatic heterocycles. The fourth-order valence-corrected chi connectivity index (χ4v) is 1.63. The van der Waals surface area contributed by atoms with Crippen LogP contribution in [-0.2, 0) is 0 Å². The van der Waals surface area contributed by atoms with Crippen LogP contribution in [0.1, 0.15) is 17.3 Å². The van der Waals surface area contributed by atoms with E-state index in [-0.39, 0.29) is 11.9 Å². The first-order valence-electron chi connectivity index (χ1n) is 5.68. The first-order valence-corrected chi connectivity index (χ1v) is 6.06. The molecule has 0 spiro atoms. The molecule has 0 radical (unpaired) electrons. The molecule has 0 aliphatic carbocycles. The Morgan fingerprint density at radius 2 is 2.05 bits per heavy atom. The summed E-state index contributed by atoms with van der Waals surface area (Å²) >= 11 is 6.02. The minimum atomic E-state index is -0.358. The molecule has 7 heteroatoms. The molecule has 6 nitrogen and oxygen atoms in total. The Morgan fingerprint density at radius 1 is 1.32 bits per heavy atom. The Morgan fingerprint density at radius 3 is 2.68 bits per heavy atom. The molecule has 1 amide bonds. The summed E-state index contributed by atoms with van der Waals surface area (Å²) in [5.74, 6) is 0.430. The lowest BCUT2D eigenvalue weighted by atomic mass is 10.2. The van der Waals surface area contributed by atoms with Crippen molar-refractivity contribution in [2.75, 3.05) is 17.2 Å². The van der Waals surface area contributed by atoms with Crippen molar-refractivity contribution in [3.63, 3.8) is 0 Å². The Balaban J connectivity index is 2.14. The van der Waals surface area contributed by atoms with Crippen molar-refractivity contribution >= 4 is 29.3 Å². The number of aromatic nitrogens is 3. The largest absolute Gasteiger partial charge is 0.369 e. The lowest BCUT2D eigenvalue weighted by Crippen LogP contribution is -2.14. The van der Waals surface area contributed by atoms with Gasteiger partial charge >= 0.3 is 0 Å². The molecule has 0 saturated carbocycles. The highest BCUT2D eigenvalue weighted by molar-refractivity contribution is 6.33. The van der Waals surface area contributed by atoms with Crippen LogP contribution >= 0.6 is 11.6 Å². The second-order valence-electron chi connectivity index (χ2n) is 3.61. The fraction of sp³-hybridized carbons (Fsp3) is 0.167. The fourth-order valence-electron chi connectivity index (χ4n) is 1.40. The van der Waals surface area contributed by atoms with Gasteiger partial charge in [-0.15, -0.1) is 0 Å². The highest BCUT2D eigenvalue weighted by atomic mass is 35.5. The number of carbonyl (C=O) groups is 1. The molecule has 0 unspecified atom stereocenters. The number of anilines is 2. The number of carbonyl (C=O) groups excluding carboxylic acids is 1. The predicted molar refractivity (Wildman–Crippen MR) is 73.4 cm³/mol. The van der Waals surface area contributed by atoms with Crippen LogP contribution in [0.25, 0.3) is 0 Å². The smallest absolute Gasteiger partial charge is 0.259 e. The van der Waals surface area contributed by atoms with E-state index in [2.05, 4.69) is 25.6 Å². The van der Waals surface area contributed by atoms with E-state index in [0.717, 1.165) is 0 Å². The predicted octanol–water partition coefficient (Wildman–Crippen LogP) is 2.21. The van der Waals surface area contributed by atoms with Crippen LogP contribution in [0.3, 0.4) is 0 Å². The molecule has 0 aliphatic rings. The molecule has 19 heavy (non-hydrogen) atoms. The summed E-state index contributed by atoms with van der Waals surface area (Å²) in [6.45, 7) is 2.64. The van der Waals surface area contributed by atoms with Gasteiger partial charge in [0.15, 0.2) is 0 Å². The minimum absolute atomic E-state index is 0.236. The van der Waals surface area contributed by atoms with E-state index < -0.39 is 0 Å². The summed E-state index contributed by atoms with van der Waals surface area (Å²) in [5, 5.41) is 5.94. The molecular weight excluding hydrogens is 266 g/mol. The van der Waals surface area contributed by atoms with Gasteiger partial charge in [0.05, 0.1) is 10.6 Å². The van der Waals surface area contributed by atoms with Gasteiger partial charge < -0.3 is 5.32 Å². The van der Waals surface area contributed by atoms with Crippen molar-refractivity contribution in [1.82, 2.24) is 15.0 Å². The number of rotatable bonds is 4. The zero-order chi connectivity index (χ0) is 13.7. The third-order valence-electron chi connectivity index (χ3n) is 2.24. The maximum Gasteiger partial charge on any atom is 0.259 e. The molecule has 2 heterocycles. The topological polar surface area (TPSA) is 79.8 Å². The van der Waals surface area contributed by atoms with Gasteiger partial charge in [0, 0.05) is 25.1 Å². The van der Waals surface area contributed by atoms with E-state index in [1.54, 1.807) is 24.5 Å². The summed E-state index contributed by atoms with van der Waals surface area (Å²) in [5.41, 5.74) is 0.346. The van der Waals surface area contributed by atoms with E-state index in [9.17, 15) is 4.79 Å². The number of halogens is 1. The first kappa shape index (κ1) is 13.2. The normalized spacial score (nSPS) is 10.0. The van der Waals surface area contributed by atoms with Gasteiger partial charge in [-0.25, -0.2) is 15.0 Å². The average molecular weight is 278 g/mol. The lowest BCUT2D eigenvalue weighted by molar-refractivity contribution is 0.102. The molecule has 98 valence electrons. The van der Waals surface area contributed by atoms with E-state index in [1.807, 2.05) is 6.92 Å². The summed E-state index contributed by atoms with van der Waals surface area (Å²) in [6, 6.07) is 3.21. The van der Waals surface area contributed by atoms with Crippen molar-refractivity contribution in [2.24, 2.45) is 0 Å². The molecule has 0 fully saturated rings. The summed E-state index contributed by atoms with van der Waals surface area (Å²) in [7, 11) is 0. The van der Waals surface area contributed by atoms with Gasteiger partial charge in [-0.2, -0.15) is 0 Å². The van der Waals surface area contributed by atoms with Crippen molar-refractivity contribution < 1.29 is 4.79 Å². The van der Waals surface area contributed by atoms with Crippen LogP contribution in [0.5, 0.6) is 0 Å². The molecule has 2 N–H and O–H groups in total. The number of amides is 1. The van der Waals surface area contributed by atoms with E-state index >= 15 is 0 Å². The van der Waals surface area contributed by atoms with E-state index in [4.69, 9.17) is 11.6 Å². The maximum atomic E-state index is 11.9. The van der Waals surface area contributed by atoms with Gasteiger partial charge in [0.1, 0.15) is 5.82 Å². The van der Waals surface area contributed by atoms with Crippen LogP contribution in [0, 0.1) is 0 Å². The van der Waals surface area contributed by atoms with Crippen molar-refractivity contribution in [3.8, 4) is 0 Å². The number of hydrogen-bond acceptors (Lipinski definition) is 5. The molecule has 0 bridgehead atoms. The van der Waals surface area contributed by atoms with E-state index in [1.165, 1.54) is 6.20 Å². The Bertz CT molecular complexity index is 576. The van der Waals surface area contributed by atoms with Gasteiger partial charge in [-0.1, -0.05) is 11.6 Å². The third-order valence-corrected chi connectivity index (χ3v) is 2.53. The first-order chi connectivity index (χ1) is 9.20. The van der Waals surface area contributed by atoms with Crippen LogP contribution in [0.4, 0.5) is 11.8 Å². The third kappa shape index (κ3) is 3.38. The monoisotopic (exact) mass is 277 g/mol. The standard InChI is InChI=1S/C12H12ClN5O/c1-2-14-10-9(13)6-8(7-17-10)11(19)18-12-15-4-3-5-16-12/h3-7H,2H2,1H3,(H,14,17)(H,15,16,18,19). The van der Waals surface area contributed by atoms with Gasteiger partial charge in [0.2, 0.25) is 5.95 Å². The van der Waals surface area contributed by atoms with Crippen molar-refractivity contribution in [1.29, 1.82) is 0 Å². The van der Waals surface area contributed by atoms with Crippen LogP contribution < -0.4 is 10.6 Å². The molecule has 2 aromatic heterocycles. The lowest BCUT2D eigenvalue weighted by Gasteiger charge is -2.07. The highest BCUT2D eigenvalue weighted by Crippen LogP contribution is 2.20. The van der Waals surface area contributed by atoms with Crippen molar-refractivity contribution in [2.45, 2.75) is 6.92 Å². The van der Waals surface area contributed by atoms with Gasteiger partial charge in [-0.05, 0) is 19.1 Å². The summed E-state index contributed by atoms with van der Waals surface area (Å²) in [4.78, 5) is 23.8. The quantitative estimate of drug-likeness (QED) is 0.896. The summed E-state index contributed by atoms with van der Waals surface area (Å²) in [6.07, 6.45) is 4.53. The second-order valence-corrected chi connectivity index (χ2v) is 4.02. The highest BCUT2D eigenvalue weighted by Gasteiger charge is 2.10. The summed E-state index contributed by atoms with van der Waals surface area (Å²) < 4.78 is 0. The van der Waals surface area contributed by atoms with Crippen LogP contribution in [-0.4, -0.2) is 27.4 Å². The Kier molecular flexibility index (Phi) is 4.25.